The molecule has 0 saturated heterocycles. The number of aliphatic carboxylic acids is 2. The van der Waals surface area contributed by atoms with E-state index in [-0.39, 0.29) is 48.0 Å². The third-order valence-corrected chi connectivity index (χ3v) is 0.368. The Bertz CT molecular complexity index is 126. The normalized spacial score (nSPS) is 7.60. The second-order valence-corrected chi connectivity index (χ2v) is 1.01. The number of carboxylic acid groups (broad SMARTS) is 2. The van der Waals surface area contributed by atoms with Crippen LogP contribution in [0.5, 0.6) is 0 Å². The van der Waals surface area contributed by atoms with Gasteiger partial charge < -0.3 is 10.2 Å². The highest BCUT2D eigenvalue weighted by molar-refractivity contribution is 14.0. The number of rotatable bonds is 2. The number of halogens is 2. The predicted molar refractivity (Wildman–Crippen MR) is 55.2 cm³/mol. The van der Waals surface area contributed by atoms with Gasteiger partial charge in [-0.15, -0.1) is 48.0 Å². The molecule has 0 aromatic carbocycles. The van der Waals surface area contributed by atoms with Gasteiger partial charge in [0.2, 0.25) is 0 Å². The Balaban J connectivity index is -0.000000245. The second-order valence-electron chi connectivity index (χ2n) is 1.01. The Morgan fingerprint density at radius 3 is 1.20 bits per heavy atom. The molecule has 0 bridgehead atoms. The van der Waals surface area contributed by atoms with Gasteiger partial charge in [0.25, 0.3) is 0 Å². The van der Waals surface area contributed by atoms with Gasteiger partial charge in [0.15, 0.2) is 0 Å². The predicted octanol–water partition coefficient (Wildman–Crippen LogP) is 0.948. The van der Waals surface area contributed by atoms with Gasteiger partial charge >= 0.3 is 11.9 Å². The van der Waals surface area contributed by atoms with Crippen LogP contribution in [0.25, 0.3) is 0 Å². The van der Waals surface area contributed by atoms with E-state index in [0.29, 0.717) is 12.2 Å². The molecule has 0 aliphatic heterocycles. The number of carbonyl (C=O) groups is 2. The minimum Gasteiger partial charge on any atom is -0.478 e. The van der Waals surface area contributed by atoms with E-state index in [1.807, 2.05) is 0 Å². The lowest BCUT2D eigenvalue weighted by Gasteiger charge is -1.74. The average molecular weight is 372 g/mol. The summed E-state index contributed by atoms with van der Waals surface area (Å²) in [5, 5.41) is 15.6. The lowest BCUT2D eigenvalue weighted by atomic mass is 10.5. The van der Waals surface area contributed by atoms with E-state index in [2.05, 4.69) is 0 Å². The summed E-state index contributed by atoms with van der Waals surface area (Å²) in [5.41, 5.74) is 0. The molecule has 4 nitrogen and oxygen atoms in total. The first kappa shape index (κ1) is 16.6. The summed E-state index contributed by atoms with van der Waals surface area (Å²) in [7, 11) is 0. The van der Waals surface area contributed by atoms with Gasteiger partial charge in [-0.2, -0.15) is 0 Å². The summed E-state index contributed by atoms with van der Waals surface area (Å²) in [6.07, 6.45) is 1.12. The molecule has 0 aliphatic carbocycles. The molecular weight excluding hydrogens is 366 g/mol. The molecule has 0 atom stereocenters. The summed E-state index contributed by atoms with van der Waals surface area (Å²) in [5.74, 6) is -2.51. The highest BCUT2D eigenvalue weighted by Crippen LogP contribution is 1.70. The Morgan fingerprint density at radius 1 is 0.900 bits per heavy atom. The molecule has 0 rings (SSSR count). The van der Waals surface area contributed by atoms with Gasteiger partial charge in [0, 0.05) is 12.2 Å². The van der Waals surface area contributed by atoms with Crippen molar-refractivity contribution in [3.8, 4) is 0 Å². The maximum Gasteiger partial charge on any atom is 0.328 e. The van der Waals surface area contributed by atoms with E-state index in [4.69, 9.17) is 10.2 Å². The van der Waals surface area contributed by atoms with Crippen molar-refractivity contribution in [1.29, 1.82) is 0 Å². The molecule has 10 heavy (non-hydrogen) atoms. The van der Waals surface area contributed by atoms with Gasteiger partial charge in [-0.1, -0.05) is 0 Å². The molecule has 6 heteroatoms. The van der Waals surface area contributed by atoms with Gasteiger partial charge in [0.05, 0.1) is 0 Å². The van der Waals surface area contributed by atoms with Crippen LogP contribution in [0.15, 0.2) is 12.2 Å². The summed E-state index contributed by atoms with van der Waals surface area (Å²) < 4.78 is 0. The van der Waals surface area contributed by atoms with Crippen molar-refractivity contribution in [2.45, 2.75) is 0 Å². The van der Waals surface area contributed by atoms with Crippen molar-refractivity contribution in [1.82, 2.24) is 0 Å². The van der Waals surface area contributed by atoms with Crippen LogP contribution in [0.3, 0.4) is 0 Å². The van der Waals surface area contributed by atoms with Gasteiger partial charge in [-0.25, -0.2) is 9.59 Å². The molecule has 0 aromatic heterocycles. The van der Waals surface area contributed by atoms with E-state index < -0.39 is 11.9 Å². The number of hydrogen-bond acceptors (Lipinski definition) is 2. The van der Waals surface area contributed by atoms with Crippen LogP contribution < -0.4 is 0 Å². The van der Waals surface area contributed by atoms with Crippen LogP contribution in [0.2, 0.25) is 0 Å². The first-order valence-electron chi connectivity index (χ1n) is 1.77. The van der Waals surface area contributed by atoms with Crippen LogP contribution in [0, 0.1) is 0 Å². The fourth-order valence-corrected chi connectivity index (χ4v) is 0.143. The summed E-state index contributed by atoms with van der Waals surface area (Å²) in [6.45, 7) is 0. The standard InChI is InChI=1S/C4H4O4.2HI/c5-3(6)1-2-4(7)8;;/h1-2H,(H,5,6)(H,7,8);2*1H/b2-1+;;. The van der Waals surface area contributed by atoms with Crippen LogP contribution in [0.1, 0.15) is 0 Å². The zero-order valence-electron chi connectivity index (χ0n) is 4.68. The van der Waals surface area contributed by atoms with Crippen LogP contribution in [-0.4, -0.2) is 22.2 Å². The zero-order valence-corrected chi connectivity index (χ0v) is 9.34. The molecule has 0 amide bonds. The van der Waals surface area contributed by atoms with Crippen molar-refractivity contribution in [3.63, 3.8) is 0 Å². The molecule has 60 valence electrons. The molecular formula is C4H6I2O4. The van der Waals surface area contributed by atoms with Crippen molar-refractivity contribution < 1.29 is 19.8 Å². The maximum atomic E-state index is 9.55. The minimum absolute atomic E-state index is 0. The molecule has 0 radical (unpaired) electrons. The van der Waals surface area contributed by atoms with E-state index in [1.54, 1.807) is 0 Å². The molecule has 0 aliphatic rings. The van der Waals surface area contributed by atoms with Crippen LogP contribution >= 0.6 is 48.0 Å². The highest BCUT2D eigenvalue weighted by atomic mass is 127. The Morgan fingerprint density at radius 2 is 1.10 bits per heavy atom. The third kappa shape index (κ3) is 15.7. The fraction of sp³-hybridized carbons (Fsp3) is 0. The Hall–Kier alpha value is 0.140. The van der Waals surface area contributed by atoms with E-state index in [9.17, 15) is 9.59 Å². The topological polar surface area (TPSA) is 74.6 Å². The first-order chi connectivity index (χ1) is 3.63. The highest BCUT2D eigenvalue weighted by Gasteiger charge is 1.88. The summed E-state index contributed by atoms with van der Waals surface area (Å²) in [4.78, 5) is 19.1. The lowest BCUT2D eigenvalue weighted by molar-refractivity contribution is -0.134. The SMILES string of the molecule is I.I.O=C(O)/C=C/C(=O)O. The monoisotopic (exact) mass is 372 g/mol. The van der Waals surface area contributed by atoms with Gasteiger partial charge in [0.1, 0.15) is 0 Å². The minimum atomic E-state index is -1.26. The first-order valence-corrected chi connectivity index (χ1v) is 1.77. The molecule has 0 aromatic rings. The smallest absolute Gasteiger partial charge is 0.328 e. The Labute approximate surface area is 91.3 Å². The molecule has 2 N–H and O–H groups in total. The van der Waals surface area contributed by atoms with Crippen molar-refractivity contribution >= 4 is 59.9 Å². The summed E-state index contributed by atoms with van der Waals surface area (Å²) >= 11 is 0. The summed E-state index contributed by atoms with van der Waals surface area (Å²) in [6, 6.07) is 0. The van der Waals surface area contributed by atoms with E-state index in [0.717, 1.165) is 0 Å². The third-order valence-electron chi connectivity index (χ3n) is 0.368. The fourth-order valence-electron chi connectivity index (χ4n) is 0.143. The molecule has 0 unspecified atom stereocenters. The largest absolute Gasteiger partial charge is 0.478 e. The maximum absolute atomic E-state index is 9.55. The second kappa shape index (κ2) is 9.14. The lowest BCUT2D eigenvalue weighted by Crippen LogP contribution is -1.91. The van der Waals surface area contributed by atoms with Crippen LogP contribution in [-0.2, 0) is 9.59 Å². The Kier molecular flexibility index (Phi) is 15.2. The average Bonchev–Trinajstić information content (AvgIpc) is 1.61. The number of carboxylic acids is 2. The van der Waals surface area contributed by atoms with Gasteiger partial charge in [-0.3, -0.25) is 0 Å². The van der Waals surface area contributed by atoms with Crippen LogP contribution in [0.4, 0.5) is 0 Å². The number of hydrogen-bond donors (Lipinski definition) is 2. The van der Waals surface area contributed by atoms with E-state index >= 15 is 0 Å². The quantitative estimate of drug-likeness (QED) is 0.560. The van der Waals surface area contributed by atoms with Crippen molar-refractivity contribution in [2.24, 2.45) is 0 Å². The van der Waals surface area contributed by atoms with Crippen molar-refractivity contribution in [3.05, 3.63) is 12.2 Å². The van der Waals surface area contributed by atoms with Gasteiger partial charge in [-0.05, 0) is 0 Å². The molecule has 0 spiro atoms. The van der Waals surface area contributed by atoms with E-state index in [1.165, 1.54) is 0 Å². The van der Waals surface area contributed by atoms with Crippen molar-refractivity contribution in [2.75, 3.05) is 0 Å². The zero-order chi connectivity index (χ0) is 6.57. The molecule has 0 heterocycles. The molecule has 0 saturated carbocycles. The molecule has 0 fully saturated rings.